The summed E-state index contributed by atoms with van der Waals surface area (Å²) in [5, 5.41) is 10.0. The Morgan fingerprint density at radius 3 is 2.71 bits per heavy atom. The number of aromatic nitrogens is 2. The van der Waals surface area contributed by atoms with Crippen LogP contribution in [0.25, 0.3) is 0 Å². The van der Waals surface area contributed by atoms with E-state index < -0.39 is 5.60 Å². The molecule has 3 N–H and O–H groups in total. The zero-order chi connectivity index (χ0) is 12.6. The van der Waals surface area contributed by atoms with Gasteiger partial charge >= 0.3 is 0 Å². The molecule has 17 heavy (non-hydrogen) atoms. The van der Waals surface area contributed by atoms with Gasteiger partial charge in [-0.25, -0.2) is 9.97 Å². The average Bonchev–Trinajstić information content (AvgIpc) is 2.57. The molecule has 0 saturated carbocycles. The van der Waals surface area contributed by atoms with Crippen molar-refractivity contribution >= 4 is 11.6 Å². The van der Waals surface area contributed by atoms with Crippen molar-refractivity contribution in [3.8, 4) is 0 Å². The van der Waals surface area contributed by atoms with Crippen LogP contribution in [0.15, 0.2) is 6.33 Å². The predicted octanol–water partition coefficient (Wildman–Crippen LogP) is 1.14. The molecule has 1 fully saturated rings. The molecular weight excluding hydrogens is 216 g/mol. The van der Waals surface area contributed by atoms with Crippen molar-refractivity contribution in [1.29, 1.82) is 0 Å². The molecule has 1 saturated heterocycles. The molecule has 1 aromatic heterocycles. The highest BCUT2D eigenvalue weighted by Gasteiger charge is 2.33. The van der Waals surface area contributed by atoms with E-state index in [-0.39, 0.29) is 5.92 Å². The number of β-amino-alcohol motifs (C(OH)–C–C–N with tert-alkyl or cyclic N) is 1. The van der Waals surface area contributed by atoms with Gasteiger partial charge in [0.15, 0.2) is 0 Å². The third-order valence-corrected chi connectivity index (χ3v) is 3.22. The first-order valence-corrected chi connectivity index (χ1v) is 5.98. The monoisotopic (exact) mass is 236 g/mol. The lowest BCUT2D eigenvalue weighted by Gasteiger charge is -2.24. The van der Waals surface area contributed by atoms with Crippen LogP contribution in [0.3, 0.4) is 0 Å². The molecule has 1 atom stereocenters. The molecule has 1 unspecified atom stereocenters. The molecule has 0 amide bonds. The third kappa shape index (κ3) is 2.34. The minimum atomic E-state index is -0.631. The first kappa shape index (κ1) is 12.1. The summed E-state index contributed by atoms with van der Waals surface area (Å²) in [6.45, 7) is 7.42. The van der Waals surface area contributed by atoms with Crippen LogP contribution in [-0.2, 0) is 0 Å². The summed E-state index contributed by atoms with van der Waals surface area (Å²) < 4.78 is 0. The molecule has 1 aliphatic heterocycles. The number of nitrogen functional groups attached to an aromatic ring is 1. The van der Waals surface area contributed by atoms with Gasteiger partial charge in [0.05, 0.1) is 5.60 Å². The zero-order valence-electron chi connectivity index (χ0n) is 10.6. The lowest BCUT2D eigenvalue weighted by atomic mass is 10.0. The predicted molar refractivity (Wildman–Crippen MR) is 68.0 cm³/mol. The fraction of sp³-hybridized carbons (Fsp3) is 0.667. The highest BCUT2D eigenvalue weighted by molar-refractivity contribution is 5.58. The normalized spacial score (nSPS) is 24.6. The van der Waals surface area contributed by atoms with E-state index in [1.165, 1.54) is 6.33 Å². The highest BCUT2D eigenvalue weighted by atomic mass is 16.3. The molecule has 0 aromatic carbocycles. The van der Waals surface area contributed by atoms with Gasteiger partial charge < -0.3 is 15.7 Å². The van der Waals surface area contributed by atoms with E-state index in [0.29, 0.717) is 12.4 Å². The van der Waals surface area contributed by atoms with Crippen LogP contribution in [0.4, 0.5) is 11.6 Å². The summed E-state index contributed by atoms with van der Waals surface area (Å²) in [6.07, 6.45) is 2.25. The number of rotatable bonds is 2. The van der Waals surface area contributed by atoms with Gasteiger partial charge in [-0.05, 0) is 19.3 Å². The van der Waals surface area contributed by atoms with Crippen LogP contribution in [0.1, 0.15) is 38.7 Å². The van der Waals surface area contributed by atoms with Gasteiger partial charge in [-0.15, -0.1) is 0 Å². The van der Waals surface area contributed by atoms with E-state index in [1.54, 1.807) is 0 Å². The number of hydrogen-bond acceptors (Lipinski definition) is 5. The molecule has 1 aromatic rings. The van der Waals surface area contributed by atoms with Crippen molar-refractivity contribution in [3.63, 3.8) is 0 Å². The molecule has 0 bridgehead atoms. The van der Waals surface area contributed by atoms with E-state index in [1.807, 2.05) is 6.92 Å². The summed E-state index contributed by atoms with van der Waals surface area (Å²) in [4.78, 5) is 10.5. The van der Waals surface area contributed by atoms with Crippen LogP contribution in [0, 0.1) is 0 Å². The van der Waals surface area contributed by atoms with E-state index in [2.05, 4.69) is 28.7 Å². The Morgan fingerprint density at radius 2 is 2.18 bits per heavy atom. The van der Waals surface area contributed by atoms with E-state index in [4.69, 9.17) is 5.73 Å². The molecule has 0 spiro atoms. The van der Waals surface area contributed by atoms with Gasteiger partial charge in [0, 0.05) is 18.7 Å². The smallest absolute Gasteiger partial charge is 0.137 e. The fourth-order valence-corrected chi connectivity index (χ4v) is 2.33. The summed E-state index contributed by atoms with van der Waals surface area (Å²) >= 11 is 0. The van der Waals surface area contributed by atoms with Crippen LogP contribution in [0.5, 0.6) is 0 Å². The molecular formula is C12H20N4O. The van der Waals surface area contributed by atoms with Crippen molar-refractivity contribution in [2.24, 2.45) is 0 Å². The van der Waals surface area contributed by atoms with Crippen molar-refractivity contribution in [2.75, 3.05) is 23.7 Å². The number of nitrogens with zero attached hydrogens (tertiary/aromatic N) is 3. The maximum absolute atomic E-state index is 10.0. The highest BCUT2D eigenvalue weighted by Crippen LogP contribution is 2.33. The van der Waals surface area contributed by atoms with Crippen molar-refractivity contribution in [2.45, 2.75) is 38.7 Å². The van der Waals surface area contributed by atoms with Gasteiger partial charge in [0.1, 0.15) is 18.0 Å². The Balaban J connectivity index is 2.36. The van der Waals surface area contributed by atoms with Gasteiger partial charge in [-0.2, -0.15) is 0 Å². The molecule has 5 nitrogen and oxygen atoms in total. The van der Waals surface area contributed by atoms with Crippen molar-refractivity contribution in [1.82, 2.24) is 9.97 Å². The molecule has 0 aliphatic carbocycles. The maximum Gasteiger partial charge on any atom is 0.137 e. The van der Waals surface area contributed by atoms with E-state index >= 15 is 0 Å². The maximum atomic E-state index is 10.0. The Morgan fingerprint density at radius 1 is 1.47 bits per heavy atom. The fourth-order valence-electron chi connectivity index (χ4n) is 2.33. The second-order valence-electron chi connectivity index (χ2n) is 5.32. The summed E-state index contributed by atoms with van der Waals surface area (Å²) in [6, 6.07) is 0. The summed E-state index contributed by atoms with van der Waals surface area (Å²) in [7, 11) is 0. The van der Waals surface area contributed by atoms with E-state index in [9.17, 15) is 5.11 Å². The molecule has 0 radical (unpaired) electrons. The van der Waals surface area contributed by atoms with Gasteiger partial charge in [0.2, 0.25) is 0 Å². The van der Waals surface area contributed by atoms with Crippen molar-refractivity contribution < 1.29 is 5.11 Å². The zero-order valence-corrected chi connectivity index (χ0v) is 10.6. The van der Waals surface area contributed by atoms with Crippen LogP contribution in [-0.4, -0.2) is 33.8 Å². The summed E-state index contributed by atoms with van der Waals surface area (Å²) in [5.41, 5.74) is 6.26. The topological polar surface area (TPSA) is 75.3 Å². The van der Waals surface area contributed by atoms with Crippen LogP contribution >= 0.6 is 0 Å². The summed E-state index contributed by atoms with van der Waals surface area (Å²) in [5.74, 6) is 1.68. The first-order chi connectivity index (χ1) is 7.91. The van der Waals surface area contributed by atoms with Gasteiger partial charge in [-0.3, -0.25) is 0 Å². The second kappa shape index (κ2) is 4.14. The van der Waals surface area contributed by atoms with Crippen LogP contribution < -0.4 is 10.6 Å². The van der Waals surface area contributed by atoms with Gasteiger partial charge in [0.25, 0.3) is 0 Å². The molecule has 2 rings (SSSR count). The molecule has 94 valence electrons. The Bertz CT molecular complexity index is 417. The number of nitrogens with two attached hydrogens (primary N) is 1. The molecule has 5 heteroatoms. The van der Waals surface area contributed by atoms with E-state index in [0.717, 1.165) is 24.3 Å². The first-order valence-electron chi connectivity index (χ1n) is 5.98. The van der Waals surface area contributed by atoms with Crippen molar-refractivity contribution in [3.05, 3.63) is 11.9 Å². The molecule has 1 aliphatic rings. The minimum Gasteiger partial charge on any atom is -0.388 e. The minimum absolute atomic E-state index is 0.275. The Hall–Kier alpha value is -1.36. The Kier molecular flexibility index (Phi) is 2.95. The SMILES string of the molecule is CC(C)c1c(N)ncnc1N1CCC(C)(O)C1. The number of anilines is 2. The standard InChI is InChI=1S/C12H20N4O/c1-8(2)9-10(13)14-7-15-11(9)16-5-4-12(3,17)6-16/h7-8,17H,4-6H2,1-3H3,(H2,13,14,15). The average molecular weight is 236 g/mol. The second-order valence-corrected chi connectivity index (χ2v) is 5.32. The third-order valence-electron chi connectivity index (χ3n) is 3.22. The van der Waals surface area contributed by atoms with Gasteiger partial charge in [-0.1, -0.05) is 13.8 Å². The number of aliphatic hydroxyl groups is 1. The lowest BCUT2D eigenvalue weighted by molar-refractivity contribution is 0.0839. The Labute approximate surface area is 102 Å². The number of hydrogen-bond donors (Lipinski definition) is 2. The molecule has 2 heterocycles. The lowest BCUT2D eigenvalue weighted by Crippen LogP contribution is -2.31. The van der Waals surface area contributed by atoms with Crippen LogP contribution in [0.2, 0.25) is 0 Å². The quantitative estimate of drug-likeness (QED) is 0.805. The largest absolute Gasteiger partial charge is 0.388 e.